The van der Waals surface area contributed by atoms with E-state index in [0.29, 0.717) is 17.9 Å². The fraction of sp³-hybridized carbons (Fsp3) is 0.227. The third kappa shape index (κ3) is 3.56. The van der Waals surface area contributed by atoms with Gasteiger partial charge in [0.05, 0.1) is 17.7 Å². The van der Waals surface area contributed by atoms with E-state index in [1.807, 2.05) is 12.1 Å². The van der Waals surface area contributed by atoms with Crippen LogP contribution in [0.2, 0.25) is 0 Å². The Bertz CT molecular complexity index is 1150. The quantitative estimate of drug-likeness (QED) is 0.645. The van der Waals surface area contributed by atoms with Crippen LogP contribution >= 0.6 is 11.3 Å². The molecule has 5 nitrogen and oxygen atoms in total. The van der Waals surface area contributed by atoms with Crippen molar-refractivity contribution in [3.05, 3.63) is 69.9 Å². The number of rotatable bonds is 5. The second-order valence-corrected chi connectivity index (χ2v) is 9.75. The van der Waals surface area contributed by atoms with Gasteiger partial charge < -0.3 is 10.1 Å². The molecule has 0 aliphatic carbocycles. The summed E-state index contributed by atoms with van der Waals surface area (Å²) in [5.41, 5.74) is 2.66. The van der Waals surface area contributed by atoms with Crippen LogP contribution in [0.15, 0.2) is 63.7 Å². The Balaban J connectivity index is 1.76. The number of methoxy groups -OCH3 is 1. The number of carbonyl (C=O) groups is 1. The highest BCUT2D eigenvalue weighted by molar-refractivity contribution is 7.91. The number of sulfone groups is 1. The number of anilines is 1. The first-order valence-electron chi connectivity index (χ1n) is 9.33. The van der Waals surface area contributed by atoms with Crippen LogP contribution in [0.1, 0.15) is 35.3 Å². The van der Waals surface area contributed by atoms with Crippen molar-refractivity contribution in [1.29, 1.82) is 0 Å². The van der Waals surface area contributed by atoms with Gasteiger partial charge in [-0.05, 0) is 41.8 Å². The third-order valence-electron chi connectivity index (χ3n) is 5.21. The number of amides is 1. The van der Waals surface area contributed by atoms with Crippen molar-refractivity contribution in [3.8, 4) is 5.75 Å². The smallest absolute Gasteiger partial charge is 0.225 e. The van der Waals surface area contributed by atoms with E-state index in [-0.39, 0.29) is 21.6 Å². The van der Waals surface area contributed by atoms with Crippen LogP contribution in [-0.2, 0) is 21.1 Å². The van der Waals surface area contributed by atoms with Crippen LogP contribution in [0.4, 0.5) is 5.69 Å². The SMILES string of the molecule is CCc1ccc([C@@H]2CC(=O)Nc3c(S(=O)(=O)c4ccc(OC)cc4)csc32)cc1. The van der Waals surface area contributed by atoms with E-state index < -0.39 is 9.84 Å². The molecule has 0 unspecified atom stereocenters. The van der Waals surface area contributed by atoms with Gasteiger partial charge in [0.25, 0.3) is 0 Å². The Kier molecular flexibility index (Phi) is 5.19. The topological polar surface area (TPSA) is 72.5 Å². The van der Waals surface area contributed by atoms with Crippen LogP contribution in [0.25, 0.3) is 0 Å². The van der Waals surface area contributed by atoms with Crippen molar-refractivity contribution in [2.75, 3.05) is 12.4 Å². The zero-order valence-electron chi connectivity index (χ0n) is 16.1. The molecule has 1 atom stereocenters. The van der Waals surface area contributed by atoms with Gasteiger partial charge in [0, 0.05) is 22.6 Å². The first-order valence-corrected chi connectivity index (χ1v) is 11.7. The van der Waals surface area contributed by atoms with Gasteiger partial charge in [-0.25, -0.2) is 8.42 Å². The number of fused-ring (bicyclic) bond motifs is 1. The minimum Gasteiger partial charge on any atom is -0.497 e. The van der Waals surface area contributed by atoms with Crippen LogP contribution in [0.5, 0.6) is 5.75 Å². The van der Waals surface area contributed by atoms with Gasteiger partial charge in [-0.2, -0.15) is 0 Å². The maximum atomic E-state index is 13.2. The molecular formula is C22H21NO4S2. The lowest BCUT2D eigenvalue weighted by Gasteiger charge is -2.24. The first kappa shape index (κ1) is 19.7. The molecule has 0 saturated heterocycles. The Labute approximate surface area is 174 Å². The monoisotopic (exact) mass is 427 g/mol. The van der Waals surface area contributed by atoms with Gasteiger partial charge in [0.15, 0.2) is 0 Å². The second-order valence-electron chi connectivity index (χ2n) is 6.92. The average Bonchev–Trinajstić information content (AvgIpc) is 3.18. The van der Waals surface area contributed by atoms with Gasteiger partial charge in [-0.3, -0.25) is 4.79 Å². The molecule has 1 amide bonds. The molecular weight excluding hydrogens is 406 g/mol. The number of nitrogens with one attached hydrogen (secondary N) is 1. The lowest BCUT2D eigenvalue weighted by atomic mass is 9.90. The third-order valence-corrected chi connectivity index (χ3v) is 8.24. The van der Waals surface area contributed by atoms with Crippen molar-refractivity contribution in [2.45, 2.75) is 35.5 Å². The lowest BCUT2D eigenvalue weighted by molar-refractivity contribution is -0.116. The number of ether oxygens (including phenoxy) is 1. The van der Waals surface area contributed by atoms with E-state index >= 15 is 0 Å². The summed E-state index contributed by atoms with van der Waals surface area (Å²) in [5, 5.41) is 4.43. The Morgan fingerprint density at radius 1 is 1.10 bits per heavy atom. The number of aryl methyl sites for hydroxylation is 1. The second kappa shape index (κ2) is 7.65. The van der Waals surface area contributed by atoms with Crippen LogP contribution < -0.4 is 10.1 Å². The molecule has 3 aromatic rings. The van der Waals surface area contributed by atoms with E-state index in [2.05, 4.69) is 24.4 Å². The highest BCUT2D eigenvalue weighted by Gasteiger charge is 2.34. The molecule has 1 aliphatic heterocycles. The molecule has 0 fully saturated rings. The van der Waals surface area contributed by atoms with Gasteiger partial charge >= 0.3 is 0 Å². The normalized spacial score (nSPS) is 16.2. The highest BCUT2D eigenvalue weighted by atomic mass is 32.2. The van der Waals surface area contributed by atoms with Crippen molar-refractivity contribution in [2.24, 2.45) is 0 Å². The van der Waals surface area contributed by atoms with E-state index in [9.17, 15) is 13.2 Å². The molecule has 2 aromatic carbocycles. The molecule has 1 N–H and O–H groups in total. The molecule has 150 valence electrons. The first-order chi connectivity index (χ1) is 13.9. The van der Waals surface area contributed by atoms with Gasteiger partial charge in [-0.15, -0.1) is 11.3 Å². The summed E-state index contributed by atoms with van der Waals surface area (Å²) in [7, 11) is -2.23. The van der Waals surface area contributed by atoms with Crippen LogP contribution in [0, 0.1) is 0 Å². The molecule has 7 heteroatoms. The summed E-state index contributed by atoms with van der Waals surface area (Å²) in [4.78, 5) is 13.6. The molecule has 29 heavy (non-hydrogen) atoms. The van der Waals surface area contributed by atoms with E-state index in [1.54, 1.807) is 17.5 Å². The number of thiophene rings is 1. The Morgan fingerprint density at radius 3 is 2.41 bits per heavy atom. The maximum absolute atomic E-state index is 13.2. The van der Waals surface area contributed by atoms with Gasteiger partial charge in [-0.1, -0.05) is 31.2 Å². The Morgan fingerprint density at radius 2 is 1.79 bits per heavy atom. The summed E-state index contributed by atoms with van der Waals surface area (Å²) in [5.74, 6) is 0.265. The molecule has 0 saturated carbocycles. The average molecular weight is 428 g/mol. The minimum atomic E-state index is -3.76. The maximum Gasteiger partial charge on any atom is 0.225 e. The summed E-state index contributed by atoms with van der Waals surface area (Å²) in [6.45, 7) is 2.09. The van der Waals surface area contributed by atoms with Gasteiger partial charge in [0.2, 0.25) is 15.7 Å². The van der Waals surface area contributed by atoms with Crippen molar-refractivity contribution >= 4 is 32.8 Å². The number of benzene rings is 2. The zero-order chi connectivity index (χ0) is 20.6. The summed E-state index contributed by atoms with van der Waals surface area (Å²) in [6, 6.07) is 14.4. The molecule has 4 rings (SSSR count). The molecule has 0 radical (unpaired) electrons. The van der Waals surface area contributed by atoms with Crippen molar-refractivity contribution in [3.63, 3.8) is 0 Å². The lowest BCUT2D eigenvalue weighted by Crippen LogP contribution is -2.23. The minimum absolute atomic E-state index is 0.144. The molecule has 0 spiro atoms. The number of carbonyl (C=O) groups excluding carboxylic acids is 1. The zero-order valence-corrected chi connectivity index (χ0v) is 17.8. The van der Waals surface area contributed by atoms with Crippen LogP contribution in [0.3, 0.4) is 0 Å². The van der Waals surface area contributed by atoms with Gasteiger partial charge in [0.1, 0.15) is 10.6 Å². The summed E-state index contributed by atoms with van der Waals surface area (Å²) >= 11 is 1.38. The van der Waals surface area contributed by atoms with E-state index in [4.69, 9.17) is 4.74 Å². The molecule has 1 aliphatic rings. The van der Waals surface area contributed by atoms with E-state index in [1.165, 1.54) is 36.1 Å². The fourth-order valence-corrected chi connectivity index (χ4v) is 6.45. The molecule has 1 aromatic heterocycles. The highest BCUT2D eigenvalue weighted by Crippen LogP contribution is 2.45. The molecule has 0 bridgehead atoms. The predicted octanol–water partition coefficient (Wildman–Crippen LogP) is 4.63. The Hall–Kier alpha value is -2.64. The van der Waals surface area contributed by atoms with Crippen molar-refractivity contribution in [1.82, 2.24) is 0 Å². The van der Waals surface area contributed by atoms with Crippen LogP contribution in [-0.4, -0.2) is 21.4 Å². The number of hydrogen-bond donors (Lipinski definition) is 1. The number of hydrogen-bond acceptors (Lipinski definition) is 5. The summed E-state index contributed by atoms with van der Waals surface area (Å²) in [6.07, 6.45) is 1.25. The van der Waals surface area contributed by atoms with Crippen molar-refractivity contribution < 1.29 is 17.9 Å². The summed E-state index contributed by atoms with van der Waals surface area (Å²) < 4.78 is 31.5. The molecule has 2 heterocycles. The predicted molar refractivity (Wildman–Crippen MR) is 114 cm³/mol. The largest absolute Gasteiger partial charge is 0.497 e. The standard InChI is InChI=1S/C22H21NO4S2/c1-3-14-4-6-15(7-5-14)18-12-20(24)23-21-19(13-28-22(18)21)29(25,26)17-10-8-16(27-2)9-11-17/h4-11,13,18H,3,12H2,1-2H3,(H,23,24)/t18-/m0/s1. The fourth-order valence-electron chi connectivity index (χ4n) is 3.54. The van der Waals surface area contributed by atoms with E-state index in [0.717, 1.165) is 16.9 Å².